The van der Waals surface area contributed by atoms with Crippen molar-refractivity contribution in [3.05, 3.63) is 47.2 Å². The first-order valence-electron chi connectivity index (χ1n) is 8.35. The Morgan fingerprint density at radius 1 is 1.19 bits per heavy atom. The monoisotopic (exact) mass is 370 g/mol. The van der Waals surface area contributed by atoms with E-state index in [1.807, 2.05) is 0 Å². The number of carbonyl (C=O) groups excluding carboxylic acids is 4. The fraction of sp³-hybridized carbons (Fsp3) is 0.278. The van der Waals surface area contributed by atoms with Gasteiger partial charge in [-0.3, -0.25) is 24.1 Å². The molecule has 9 nitrogen and oxygen atoms in total. The van der Waals surface area contributed by atoms with Crippen molar-refractivity contribution in [1.82, 2.24) is 15.4 Å². The lowest BCUT2D eigenvalue weighted by Gasteiger charge is -2.16. The smallest absolute Gasteiger partial charge is 0.261 e. The molecule has 0 saturated carbocycles. The molecule has 2 aromatic rings. The van der Waals surface area contributed by atoms with Gasteiger partial charge in [0.25, 0.3) is 11.8 Å². The van der Waals surface area contributed by atoms with Crippen LogP contribution in [0.25, 0.3) is 0 Å². The van der Waals surface area contributed by atoms with Crippen LogP contribution in [0.5, 0.6) is 0 Å². The molecule has 1 aromatic heterocycles. The molecule has 9 heteroatoms. The highest BCUT2D eigenvalue weighted by molar-refractivity contribution is 6.21. The summed E-state index contributed by atoms with van der Waals surface area (Å²) >= 11 is 0. The number of hydrogen-bond donors (Lipinski definition) is 2. The number of anilines is 1. The van der Waals surface area contributed by atoms with Crippen molar-refractivity contribution in [3.8, 4) is 0 Å². The van der Waals surface area contributed by atoms with E-state index < -0.39 is 29.7 Å². The number of aryl methyl sites for hydroxylation is 1. The Hall–Kier alpha value is -3.49. The summed E-state index contributed by atoms with van der Waals surface area (Å²) < 4.78 is 4.85. The van der Waals surface area contributed by atoms with E-state index in [-0.39, 0.29) is 18.8 Å². The van der Waals surface area contributed by atoms with Crippen LogP contribution in [0.3, 0.4) is 0 Å². The van der Waals surface area contributed by atoms with E-state index >= 15 is 0 Å². The van der Waals surface area contributed by atoms with Crippen molar-refractivity contribution in [2.75, 3.05) is 11.9 Å². The van der Waals surface area contributed by atoms with Gasteiger partial charge in [-0.1, -0.05) is 17.3 Å². The molecule has 0 spiro atoms. The second kappa shape index (κ2) is 7.40. The maximum Gasteiger partial charge on any atom is 0.261 e. The van der Waals surface area contributed by atoms with E-state index in [0.717, 1.165) is 4.90 Å². The van der Waals surface area contributed by atoms with Gasteiger partial charge in [-0.2, -0.15) is 0 Å². The predicted molar refractivity (Wildman–Crippen MR) is 93.9 cm³/mol. The molecule has 4 amide bonds. The average molecular weight is 370 g/mol. The number of rotatable bonds is 6. The lowest BCUT2D eigenvalue weighted by Crippen LogP contribution is -2.43. The van der Waals surface area contributed by atoms with Crippen molar-refractivity contribution >= 4 is 29.4 Å². The topological polar surface area (TPSA) is 122 Å². The molecule has 2 N–H and O–H groups in total. The maximum absolute atomic E-state index is 12.2. The molecular formula is C18H18N4O5. The van der Waals surface area contributed by atoms with Crippen molar-refractivity contribution in [2.45, 2.75) is 26.3 Å². The van der Waals surface area contributed by atoms with Gasteiger partial charge in [-0.05, 0) is 26.0 Å². The molecule has 0 aliphatic carbocycles. The van der Waals surface area contributed by atoms with Crippen LogP contribution < -0.4 is 10.6 Å². The number of nitrogens with one attached hydrogen (secondary N) is 2. The van der Waals surface area contributed by atoms with Crippen molar-refractivity contribution in [1.29, 1.82) is 0 Å². The second-order valence-corrected chi connectivity index (χ2v) is 6.16. The lowest BCUT2D eigenvalue weighted by molar-refractivity contribution is -0.126. The molecule has 1 atom stereocenters. The molecule has 27 heavy (non-hydrogen) atoms. The van der Waals surface area contributed by atoms with Crippen LogP contribution >= 0.6 is 0 Å². The Morgan fingerprint density at radius 3 is 2.37 bits per heavy atom. The summed E-state index contributed by atoms with van der Waals surface area (Å²) in [5.74, 6) is -0.957. The molecule has 1 aliphatic rings. The Bertz CT molecular complexity index is 885. The highest BCUT2D eigenvalue weighted by atomic mass is 16.5. The number of imide groups is 1. The number of amides is 4. The van der Waals surface area contributed by atoms with Gasteiger partial charge in [0, 0.05) is 19.0 Å². The third-order valence-electron chi connectivity index (χ3n) is 4.09. The Morgan fingerprint density at radius 2 is 1.81 bits per heavy atom. The molecule has 140 valence electrons. The lowest BCUT2D eigenvalue weighted by atomic mass is 10.1. The van der Waals surface area contributed by atoms with E-state index in [9.17, 15) is 19.2 Å². The highest BCUT2D eigenvalue weighted by Gasteiger charge is 2.35. The van der Waals surface area contributed by atoms with Crippen molar-refractivity contribution in [2.24, 2.45) is 0 Å². The van der Waals surface area contributed by atoms with Crippen LogP contribution in [0.1, 0.15) is 39.8 Å². The van der Waals surface area contributed by atoms with Crippen LogP contribution in [-0.4, -0.2) is 46.3 Å². The minimum absolute atomic E-state index is 0.0605. The number of hydrogen-bond acceptors (Lipinski definition) is 6. The zero-order valence-corrected chi connectivity index (χ0v) is 14.8. The first-order valence-corrected chi connectivity index (χ1v) is 8.35. The van der Waals surface area contributed by atoms with Gasteiger partial charge in [-0.25, -0.2) is 0 Å². The number of aromatic nitrogens is 1. The van der Waals surface area contributed by atoms with E-state index in [2.05, 4.69) is 15.8 Å². The molecule has 0 unspecified atom stereocenters. The highest BCUT2D eigenvalue weighted by Crippen LogP contribution is 2.22. The van der Waals surface area contributed by atoms with E-state index in [1.54, 1.807) is 37.3 Å². The standard InChI is InChI=1S/C18H18N4O5/c1-10-9-14(21-27-10)20-16(24)11(2)19-15(23)7-8-22-17(25)12-5-3-4-6-13(12)18(22)26/h3-6,9,11H,7-8H2,1-2H3,(H,19,23)(H,20,21,24)/t11-/m0/s1. The number of benzene rings is 1. The number of fused-ring (bicyclic) bond motifs is 1. The summed E-state index contributed by atoms with van der Waals surface area (Å²) in [6.45, 7) is 3.14. The summed E-state index contributed by atoms with van der Waals surface area (Å²) in [6, 6.07) is 7.24. The number of carbonyl (C=O) groups is 4. The molecular weight excluding hydrogens is 352 g/mol. The predicted octanol–water partition coefficient (Wildman–Crippen LogP) is 1.11. The van der Waals surface area contributed by atoms with Gasteiger partial charge in [0.2, 0.25) is 11.8 Å². The van der Waals surface area contributed by atoms with E-state index in [0.29, 0.717) is 16.9 Å². The first kappa shape index (κ1) is 18.3. The average Bonchev–Trinajstić information content (AvgIpc) is 3.15. The summed E-state index contributed by atoms with van der Waals surface area (Å²) in [7, 11) is 0. The van der Waals surface area contributed by atoms with Gasteiger partial charge >= 0.3 is 0 Å². The van der Waals surface area contributed by atoms with Crippen LogP contribution in [0.2, 0.25) is 0 Å². The summed E-state index contributed by atoms with van der Waals surface area (Å²) in [5.41, 5.74) is 0.664. The molecule has 2 heterocycles. The first-order chi connectivity index (χ1) is 12.9. The zero-order chi connectivity index (χ0) is 19.6. The van der Waals surface area contributed by atoms with Crippen LogP contribution in [-0.2, 0) is 9.59 Å². The van der Waals surface area contributed by atoms with Gasteiger partial charge in [0.15, 0.2) is 5.82 Å². The van der Waals surface area contributed by atoms with Crippen LogP contribution in [0, 0.1) is 6.92 Å². The van der Waals surface area contributed by atoms with Crippen LogP contribution in [0.4, 0.5) is 5.82 Å². The molecule has 0 radical (unpaired) electrons. The van der Waals surface area contributed by atoms with Crippen molar-refractivity contribution < 1.29 is 23.7 Å². The third kappa shape index (κ3) is 3.86. The van der Waals surface area contributed by atoms with Gasteiger partial charge in [-0.15, -0.1) is 0 Å². The van der Waals surface area contributed by atoms with Gasteiger partial charge < -0.3 is 15.2 Å². The quantitative estimate of drug-likeness (QED) is 0.735. The normalized spacial score (nSPS) is 14.1. The second-order valence-electron chi connectivity index (χ2n) is 6.16. The molecule has 0 fully saturated rings. The fourth-order valence-corrected chi connectivity index (χ4v) is 2.69. The summed E-state index contributed by atoms with van der Waals surface area (Å²) in [4.78, 5) is 49.7. The summed E-state index contributed by atoms with van der Waals surface area (Å²) in [6.07, 6.45) is -0.105. The Kier molecular flexibility index (Phi) is 5.02. The molecule has 0 bridgehead atoms. The van der Waals surface area contributed by atoms with Crippen molar-refractivity contribution in [3.63, 3.8) is 0 Å². The van der Waals surface area contributed by atoms with E-state index in [4.69, 9.17) is 4.52 Å². The molecule has 0 saturated heterocycles. The Labute approximate surface area is 154 Å². The third-order valence-corrected chi connectivity index (χ3v) is 4.09. The molecule has 3 rings (SSSR count). The zero-order valence-electron chi connectivity index (χ0n) is 14.8. The summed E-state index contributed by atoms with van der Waals surface area (Å²) in [5, 5.41) is 8.68. The van der Waals surface area contributed by atoms with Gasteiger partial charge in [0.05, 0.1) is 11.1 Å². The fourth-order valence-electron chi connectivity index (χ4n) is 2.69. The minimum Gasteiger partial charge on any atom is -0.360 e. The minimum atomic E-state index is -0.823. The largest absolute Gasteiger partial charge is 0.360 e. The molecule has 1 aromatic carbocycles. The van der Waals surface area contributed by atoms with E-state index in [1.165, 1.54) is 6.92 Å². The number of nitrogens with zero attached hydrogens (tertiary/aromatic N) is 2. The van der Waals surface area contributed by atoms with Crippen LogP contribution in [0.15, 0.2) is 34.9 Å². The van der Waals surface area contributed by atoms with Gasteiger partial charge in [0.1, 0.15) is 11.8 Å². The SMILES string of the molecule is Cc1cc(NC(=O)[C@H](C)NC(=O)CCN2C(=O)c3ccccc3C2=O)no1. The maximum atomic E-state index is 12.2. The Balaban J connectivity index is 1.50. The molecule has 1 aliphatic heterocycles.